The molecule has 2 N–H and O–H groups in total. The highest BCUT2D eigenvalue weighted by atomic mass is 32.2. The maximum absolute atomic E-state index is 12.0. The van der Waals surface area contributed by atoms with Crippen molar-refractivity contribution in [1.29, 1.82) is 0 Å². The van der Waals surface area contributed by atoms with Gasteiger partial charge in [-0.3, -0.25) is 4.79 Å². The molecular weight excluding hydrogens is 208 g/mol. The van der Waals surface area contributed by atoms with E-state index in [-0.39, 0.29) is 11.4 Å². The van der Waals surface area contributed by atoms with Crippen LogP contribution in [0, 0.1) is 0 Å². The zero-order chi connectivity index (χ0) is 11.1. The van der Waals surface area contributed by atoms with Crippen LogP contribution in [0.5, 0.6) is 0 Å². The number of hydrogen-bond donors (Lipinski definition) is 2. The van der Waals surface area contributed by atoms with Crippen LogP contribution in [0.1, 0.15) is 32.6 Å². The molecular formula is C11H22N2OS. The highest BCUT2D eigenvalue weighted by Gasteiger charge is 2.38. The smallest absolute Gasteiger partial charge is 0.240 e. The Morgan fingerprint density at radius 3 is 2.93 bits per heavy atom. The summed E-state index contributed by atoms with van der Waals surface area (Å²) in [5.41, 5.74) is -0.265. The van der Waals surface area contributed by atoms with E-state index in [0.717, 1.165) is 44.5 Å². The Labute approximate surface area is 96.8 Å². The molecule has 4 heteroatoms. The molecule has 0 aromatic carbocycles. The fourth-order valence-electron chi connectivity index (χ4n) is 2.05. The van der Waals surface area contributed by atoms with Gasteiger partial charge in [-0.2, -0.15) is 11.8 Å². The molecule has 1 amide bonds. The third-order valence-corrected chi connectivity index (χ3v) is 3.79. The largest absolute Gasteiger partial charge is 0.354 e. The van der Waals surface area contributed by atoms with Crippen molar-refractivity contribution in [2.75, 3.05) is 25.1 Å². The van der Waals surface area contributed by atoms with Gasteiger partial charge < -0.3 is 10.6 Å². The quantitative estimate of drug-likeness (QED) is 0.678. The monoisotopic (exact) mass is 230 g/mol. The van der Waals surface area contributed by atoms with Crippen molar-refractivity contribution in [1.82, 2.24) is 10.6 Å². The summed E-state index contributed by atoms with van der Waals surface area (Å²) in [5, 5.41) is 6.38. The molecule has 1 fully saturated rings. The minimum absolute atomic E-state index is 0.198. The molecule has 1 heterocycles. The summed E-state index contributed by atoms with van der Waals surface area (Å²) in [6, 6.07) is 0. The van der Waals surface area contributed by atoms with Gasteiger partial charge in [0.2, 0.25) is 5.91 Å². The van der Waals surface area contributed by atoms with Crippen LogP contribution in [-0.4, -0.2) is 36.5 Å². The Hall–Kier alpha value is -0.220. The fourth-order valence-corrected chi connectivity index (χ4v) is 2.48. The lowest BCUT2D eigenvalue weighted by Gasteiger charge is -2.26. The molecule has 88 valence electrons. The van der Waals surface area contributed by atoms with Gasteiger partial charge in [0.05, 0.1) is 5.54 Å². The summed E-state index contributed by atoms with van der Waals surface area (Å²) < 4.78 is 0. The van der Waals surface area contributed by atoms with Gasteiger partial charge in [0, 0.05) is 6.54 Å². The van der Waals surface area contributed by atoms with Crippen LogP contribution < -0.4 is 10.6 Å². The first-order valence-electron chi connectivity index (χ1n) is 5.77. The second-order valence-corrected chi connectivity index (χ2v) is 5.05. The Balaban J connectivity index is 2.31. The summed E-state index contributed by atoms with van der Waals surface area (Å²) in [6.45, 7) is 3.87. The summed E-state index contributed by atoms with van der Waals surface area (Å²) in [7, 11) is 0. The van der Waals surface area contributed by atoms with Crippen LogP contribution in [0.4, 0.5) is 0 Å². The van der Waals surface area contributed by atoms with Gasteiger partial charge in [-0.05, 0) is 44.2 Å². The first-order valence-corrected chi connectivity index (χ1v) is 7.17. The molecule has 0 bridgehead atoms. The van der Waals surface area contributed by atoms with E-state index in [1.54, 1.807) is 0 Å². The van der Waals surface area contributed by atoms with Crippen LogP contribution in [0.15, 0.2) is 0 Å². The molecule has 1 saturated heterocycles. The summed E-state index contributed by atoms with van der Waals surface area (Å²) in [5.74, 6) is 1.32. The maximum Gasteiger partial charge on any atom is 0.240 e. The van der Waals surface area contributed by atoms with Gasteiger partial charge >= 0.3 is 0 Å². The van der Waals surface area contributed by atoms with Crippen LogP contribution in [0.2, 0.25) is 0 Å². The van der Waals surface area contributed by atoms with Gasteiger partial charge in [-0.1, -0.05) is 6.92 Å². The summed E-state index contributed by atoms with van der Waals surface area (Å²) in [6.07, 6.45) is 6.14. The molecule has 0 aromatic heterocycles. The molecule has 1 unspecified atom stereocenters. The van der Waals surface area contributed by atoms with Crippen LogP contribution >= 0.6 is 11.8 Å². The van der Waals surface area contributed by atoms with Gasteiger partial charge in [0.1, 0.15) is 0 Å². The van der Waals surface area contributed by atoms with E-state index in [9.17, 15) is 4.79 Å². The van der Waals surface area contributed by atoms with E-state index in [0.29, 0.717) is 0 Å². The van der Waals surface area contributed by atoms with E-state index in [2.05, 4.69) is 23.8 Å². The highest BCUT2D eigenvalue weighted by Crippen LogP contribution is 2.22. The summed E-state index contributed by atoms with van der Waals surface area (Å²) >= 11 is 1.82. The first-order chi connectivity index (χ1) is 7.25. The SMILES string of the molecule is CCC1(C(=O)NCCCSC)CCCN1. The van der Waals surface area contributed by atoms with Gasteiger partial charge in [0.15, 0.2) is 0 Å². The number of nitrogens with one attached hydrogen (secondary N) is 2. The molecule has 15 heavy (non-hydrogen) atoms. The van der Waals surface area contributed by atoms with Gasteiger partial charge in [0.25, 0.3) is 0 Å². The lowest BCUT2D eigenvalue weighted by Crippen LogP contribution is -2.53. The Morgan fingerprint density at radius 1 is 1.60 bits per heavy atom. The van der Waals surface area contributed by atoms with E-state index >= 15 is 0 Å². The molecule has 1 aliphatic rings. The Kier molecular flexibility index (Phi) is 5.47. The van der Waals surface area contributed by atoms with Gasteiger partial charge in [-0.15, -0.1) is 0 Å². The molecule has 0 aliphatic carbocycles. The predicted octanol–water partition coefficient (Wildman–Crippen LogP) is 1.39. The normalized spacial score (nSPS) is 25.5. The lowest BCUT2D eigenvalue weighted by atomic mass is 9.93. The van der Waals surface area contributed by atoms with Gasteiger partial charge in [-0.25, -0.2) is 0 Å². The molecule has 0 radical (unpaired) electrons. The Morgan fingerprint density at radius 2 is 2.40 bits per heavy atom. The summed E-state index contributed by atoms with van der Waals surface area (Å²) in [4.78, 5) is 12.0. The van der Waals surface area contributed by atoms with Crippen LogP contribution in [0.3, 0.4) is 0 Å². The zero-order valence-electron chi connectivity index (χ0n) is 9.77. The third-order valence-electron chi connectivity index (χ3n) is 3.09. The first kappa shape index (κ1) is 12.8. The number of carbonyl (C=O) groups is 1. The average Bonchev–Trinajstić information content (AvgIpc) is 2.74. The maximum atomic E-state index is 12.0. The lowest BCUT2D eigenvalue weighted by molar-refractivity contribution is -0.127. The van der Waals surface area contributed by atoms with E-state index in [1.165, 1.54) is 0 Å². The van der Waals surface area contributed by atoms with Crippen molar-refractivity contribution in [2.24, 2.45) is 0 Å². The van der Waals surface area contributed by atoms with E-state index in [4.69, 9.17) is 0 Å². The number of rotatable bonds is 6. The Bertz CT molecular complexity index is 203. The molecule has 1 rings (SSSR count). The van der Waals surface area contributed by atoms with E-state index in [1.807, 2.05) is 11.8 Å². The molecule has 0 saturated carbocycles. The highest BCUT2D eigenvalue weighted by molar-refractivity contribution is 7.98. The standard InChI is InChI=1S/C11H22N2OS/c1-3-11(6-4-8-13-11)10(14)12-7-5-9-15-2/h13H,3-9H2,1-2H3,(H,12,14). The van der Waals surface area contributed by atoms with Crippen molar-refractivity contribution in [3.05, 3.63) is 0 Å². The van der Waals surface area contributed by atoms with Crippen molar-refractivity contribution in [3.8, 4) is 0 Å². The molecule has 0 spiro atoms. The molecule has 1 aliphatic heterocycles. The zero-order valence-corrected chi connectivity index (χ0v) is 10.6. The second kappa shape index (κ2) is 6.38. The molecule has 1 atom stereocenters. The predicted molar refractivity (Wildman–Crippen MR) is 66.3 cm³/mol. The topological polar surface area (TPSA) is 41.1 Å². The van der Waals surface area contributed by atoms with E-state index < -0.39 is 0 Å². The minimum atomic E-state index is -0.265. The molecule has 0 aromatic rings. The van der Waals surface area contributed by atoms with Crippen molar-refractivity contribution in [3.63, 3.8) is 0 Å². The second-order valence-electron chi connectivity index (χ2n) is 4.07. The van der Waals surface area contributed by atoms with Crippen molar-refractivity contribution < 1.29 is 4.79 Å². The van der Waals surface area contributed by atoms with Crippen LogP contribution in [-0.2, 0) is 4.79 Å². The van der Waals surface area contributed by atoms with Crippen LogP contribution in [0.25, 0.3) is 0 Å². The number of amides is 1. The number of thioether (sulfide) groups is 1. The minimum Gasteiger partial charge on any atom is -0.354 e. The third kappa shape index (κ3) is 3.38. The molecule has 3 nitrogen and oxygen atoms in total. The average molecular weight is 230 g/mol. The van der Waals surface area contributed by atoms with Crippen molar-refractivity contribution >= 4 is 17.7 Å². The fraction of sp³-hybridized carbons (Fsp3) is 0.909. The number of hydrogen-bond acceptors (Lipinski definition) is 3. The number of carbonyl (C=O) groups excluding carboxylic acids is 1. The van der Waals surface area contributed by atoms with Crippen molar-refractivity contribution in [2.45, 2.75) is 38.1 Å².